The van der Waals surface area contributed by atoms with Gasteiger partial charge in [0, 0.05) is 19.5 Å². The van der Waals surface area contributed by atoms with Gasteiger partial charge in [-0.05, 0) is 80.7 Å². The van der Waals surface area contributed by atoms with Gasteiger partial charge in [0.25, 0.3) is 0 Å². The van der Waals surface area contributed by atoms with Crippen LogP contribution in [0, 0.1) is 6.92 Å². The molecule has 0 unspecified atom stereocenters. The van der Waals surface area contributed by atoms with Gasteiger partial charge in [0.05, 0.1) is 11.4 Å². The van der Waals surface area contributed by atoms with E-state index in [-0.39, 0.29) is 5.91 Å². The van der Waals surface area contributed by atoms with Crippen molar-refractivity contribution in [2.24, 2.45) is 0 Å². The predicted octanol–water partition coefficient (Wildman–Crippen LogP) is 4.83. The van der Waals surface area contributed by atoms with Crippen molar-refractivity contribution in [2.75, 3.05) is 16.8 Å². The van der Waals surface area contributed by atoms with Crippen molar-refractivity contribution in [3.05, 3.63) is 50.9 Å². The third kappa shape index (κ3) is 4.76. The van der Waals surface area contributed by atoms with Gasteiger partial charge < -0.3 is 11.1 Å². The van der Waals surface area contributed by atoms with Crippen molar-refractivity contribution in [1.29, 1.82) is 0 Å². The number of hydrogen-bond acceptors (Lipinski definition) is 3. The Morgan fingerprint density at radius 2 is 1.76 bits per heavy atom. The van der Waals surface area contributed by atoms with Gasteiger partial charge in [0.1, 0.15) is 0 Å². The van der Waals surface area contributed by atoms with Crippen LogP contribution in [0.4, 0.5) is 11.4 Å². The minimum absolute atomic E-state index is 0.0536. The number of carbonyl (C=O) groups is 1. The van der Waals surface area contributed by atoms with E-state index in [4.69, 9.17) is 5.73 Å². The van der Waals surface area contributed by atoms with Gasteiger partial charge in [-0.15, -0.1) is 11.8 Å². The molecule has 0 aromatic heterocycles. The fourth-order valence-corrected chi connectivity index (χ4v) is 4.02. The number of rotatable bonds is 4. The standard InChI is InChI=1S/C15H14Br2N2OS/c1-9-6-12(16)15(13(17)7-9)19-14(20)8-21-11-4-2-10(18)3-5-11/h2-7H,8,18H2,1H3,(H,19,20). The molecule has 6 heteroatoms. The van der Waals surface area contributed by atoms with E-state index in [1.165, 1.54) is 11.8 Å². The highest BCUT2D eigenvalue weighted by atomic mass is 79.9. The average Bonchev–Trinajstić information content (AvgIpc) is 2.42. The largest absolute Gasteiger partial charge is 0.399 e. The molecule has 3 N–H and O–H groups in total. The van der Waals surface area contributed by atoms with E-state index >= 15 is 0 Å². The van der Waals surface area contributed by atoms with Crippen LogP contribution in [-0.4, -0.2) is 11.7 Å². The normalized spacial score (nSPS) is 10.4. The molecule has 3 nitrogen and oxygen atoms in total. The molecule has 2 rings (SSSR count). The van der Waals surface area contributed by atoms with Crippen molar-refractivity contribution in [1.82, 2.24) is 0 Å². The molecule has 2 aromatic carbocycles. The van der Waals surface area contributed by atoms with Gasteiger partial charge in [0.15, 0.2) is 0 Å². The van der Waals surface area contributed by atoms with Crippen LogP contribution in [0.15, 0.2) is 50.2 Å². The second-order valence-electron chi connectivity index (χ2n) is 4.51. The summed E-state index contributed by atoms with van der Waals surface area (Å²) in [6.45, 7) is 2.00. The first-order valence-electron chi connectivity index (χ1n) is 6.19. The van der Waals surface area contributed by atoms with Crippen molar-refractivity contribution >= 4 is 60.9 Å². The van der Waals surface area contributed by atoms with Gasteiger partial charge in [-0.25, -0.2) is 0 Å². The first-order chi connectivity index (χ1) is 9.95. The summed E-state index contributed by atoms with van der Waals surface area (Å²) in [7, 11) is 0. The number of carbonyl (C=O) groups excluding carboxylic acids is 1. The number of benzene rings is 2. The molecule has 0 aliphatic rings. The minimum atomic E-state index is -0.0536. The Hall–Kier alpha value is -0.980. The van der Waals surface area contributed by atoms with Crippen molar-refractivity contribution in [3.63, 3.8) is 0 Å². The van der Waals surface area contributed by atoms with Crippen molar-refractivity contribution < 1.29 is 4.79 Å². The van der Waals surface area contributed by atoms with Crippen LogP contribution in [-0.2, 0) is 4.79 Å². The molecule has 0 radical (unpaired) electrons. The number of nitrogens with one attached hydrogen (secondary N) is 1. The Morgan fingerprint density at radius 3 is 2.33 bits per heavy atom. The number of halogens is 2. The zero-order valence-corrected chi connectivity index (χ0v) is 15.3. The van der Waals surface area contributed by atoms with Gasteiger partial charge >= 0.3 is 0 Å². The Balaban J connectivity index is 1.97. The van der Waals surface area contributed by atoms with E-state index in [9.17, 15) is 4.79 Å². The third-order valence-corrected chi connectivity index (χ3v) is 4.96. The zero-order valence-electron chi connectivity index (χ0n) is 11.3. The fraction of sp³-hybridized carbons (Fsp3) is 0.133. The van der Waals surface area contributed by atoms with E-state index in [1.807, 2.05) is 43.3 Å². The summed E-state index contributed by atoms with van der Waals surface area (Å²) in [5, 5.41) is 2.91. The van der Waals surface area contributed by atoms with Crippen LogP contribution >= 0.6 is 43.6 Å². The van der Waals surface area contributed by atoms with Crippen LogP contribution in [0.1, 0.15) is 5.56 Å². The molecule has 0 spiro atoms. The van der Waals surface area contributed by atoms with Gasteiger partial charge in [-0.1, -0.05) is 0 Å². The maximum Gasteiger partial charge on any atom is 0.234 e. The summed E-state index contributed by atoms with van der Waals surface area (Å²) >= 11 is 8.40. The zero-order chi connectivity index (χ0) is 15.4. The second-order valence-corrected chi connectivity index (χ2v) is 7.27. The predicted molar refractivity (Wildman–Crippen MR) is 96.8 cm³/mol. The van der Waals surface area contributed by atoms with Gasteiger partial charge in [0.2, 0.25) is 5.91 Å². The second kappa shape index (κ2) is 7.33. The Labute approximate surface area is 144 Å². The molecule has 0 heterocycles. The van der Waals surface area contributed by atoms with E-state index in [0.717, 1.165) is 30.8 Å². The highest BCUT2D eigenvalue weighted by molar-refractivity contribution is 9.11. The smallest absolute Gasteiger partial charge is 0.234 e. The maximum absolute atomic E-state index is 12.0. The summed E-state index contributed by atoms with van der Waals surface area (Å²) in [6, 6.07) is 11.4. The number of nitrogens with two attached hydrogens (primary N) is 1. The van der Waals surface area contributed by atoms with Crippen LogP contribution in [0.2, 0.25) is 0 Å². The van der Waals surface area contributed by atoms with Crippen LogP contribution < -0.4 is 11.1 Å². The highest BCUT2D eigenvalue weighted by Gasteiger charge is 2.10. The average molecular weight is 430 g/mol. The molecular weight excluding hydrogens is 416 g/mol. The van der Waals surface area contributed by atoms with E-state index in [1.54, 1.807) is 0 Å². The monoisotopic (exact) mass is 428 g/mol. The number of aryl methyl sites for hydroxylation is 1. The molecular formula is C15H14Br2N2OS. The lowest BCUT2D eigenvalue weighted by atomic mass is 10.2. The molecule has 1 amide bonds. The lowest BCUT2D eigenvalue weighted by molar-refractivity contribution is -0.113. The summed E-state index contributed by atoms with van der Waals surface area (Å²) < 4.78 is 1.72. The number of thioether (sulfide) groups is 1. The molecule has 0 saturated carbocycles. The quantitative estimate of drug-likeness (QED) is 0.540. The first-order valence-corrected chi connectivity index (χ1v) is 8.76. The molecule has 0 bridgehead atoms. The molecule has 2 aromatic rings. The fourth-order valence-electron chi connectivity index (χ4n) is 1.71. The van der Waals surface area contributed by atoms with Crippen LogP contribution in [0.5, 0.6) is 0 Å². The third-order valence-electron chi connectivity index (χ3n) is 2.70. The van der Waals surface area contributed by atoms with Crippen LogP contribution in [0.3, 0.4) is 0 Å². The summed E-state index contributed by atoms with van der Waals surface area (Å²) in [5.74, 6) is 0.290. The molecule has 0 atom stereocenters. The first kappa shape index (κ1) is 16.4. The Morgan fingerprint density at radius 1 is 1.19 bits per heavy atom. The maximum atomic E-state index is 12.0. The Bertz CT molecular complexity index is 636. The summed E-state index contributed by atoms with van der Waals surface area (Å²) in [5.41, 5.74) is 8.22. The number of hydrogen-bond donors (Lipinski definition) is 2. The highest BCUT2D eigenvalue weighted by Crippen LogP contribution is 2.32. The molecule has 0 saturated heterocycles. The van der Waals surface area contributed by atoms with Gasteiger partial charge in [-0.2, -0.15) is 0 Å². The van der Waals surface area contributed by atoms with Gasteiger partial charge in [-0.3, -0.25) is 4.79 Å². The van der Waals surface area contributed by atoms with E-state index in [0.29, 0.717) is 5.75 Å². The summed E-state index contributed by atoms with van der Waals surface area (Å²) in [4.78, 5) is 13.1. The molecule has 21 heavy (non-hydrogen) atoms. The Kier molecular flexibility index (Phi) is 5.72. The molecule has 0 aliphatic heterocycles. The lowest BCUT2D eigenvalue weighted by Crippen LogP contribution is -2.14. The van der Waals surface area contributed by atoms with Crippen molar-refractivity contribution in [2.45, 2.75) is 11.8 Å². The van der Waals surface area contributed by atoms with Crippen molar-refractivity contribution in [3.8, 4) is 0 Å². The molecule has 0 fully saturated rings. The van der Waals surface area contributed by atoms with E-state index < -0.39 is 0 Å². The number of nitrogen functional groups attached to an aromatic ring is 1. The topological polar surface area (TPSA) is 55.1 Å². The molecule has 110 valence electrons. The lowest BCUT2D eigenvalue weighted by Gasteiger charge is -2.10. The van der Waals surface area contributed by atoms with Crippen LogP contribution in [0.25, 0.3) is 0 Å². The summed E-state index contributed by atoms with van der Waals surface area (Å²) in [6.07, 6.45) is 0. The molecule has 0 aliphatic carbocycles. The minimum Gasteiger partial charge on any atom is -0.399 e. The van der Waals surface area contributed by atoms with E-state index in [2.05, 4.69) is 37.2 Å². The SMILES string of the molecule is Cc1cc(Br)c(NC(=O)CSc2ccc(N)cc2)c(Br)c1. The number of anilines is 2. The number of amides is 1.